The average molecular weight is 429 g/mol. The first-order valence-corrected chi connectivity index (χ1v) is 10.0. The number of methoxy groups -OCH3 is 3. The number of hydrogen-bond acceptors (Lipinski definition) is 6. The van der Waals surface area contributed by atoms with Crippen LogP contribution in [0.3, 0.4) is 0 Å². The first-order chi connectivity index (χ1) is 15.6. The van der Waals surface area contributed by atoms with E-state index >= 15 is 0 Å². The zero-order valence-electron chi connectivity index (χ0n) is 18.1. The van der Waals surface area contributed by atoms with Gasteiger partial charge in [-0.15, -0.1) is 0 Å². The lowest BCUT2D eigenvalue weighted by molar-refractivity contribution is 0.0373. The Morgan fingerprint density at radius 2 is 1.56 bits per heavy atom. The predicted octanol–water partition coefficient (Wildman–Crippen LogP) is 5.21. The van der Waals surface area contributed by atoms with Crippen LogP contribution in [0.4, 0.5) is 0 Å². The quantitative estimate of drug-likeness (QED) is 0.376. The Kier molecular flexibility index (Phi) is 6.22. The monoisotopic (exact) mass is 429 g/mol. The van der Waals surface area contributed by atoms with Gasteiger partial charge >= 0.3 is 5.97 Å². The van der Waals surface area contributed by atoms with Gasteiger partial charge in [0.2, 0.25) is 0 Å². The molecule has 0 amide bonds. The summed E-state index contributed by atoms with van der Waals surface area (Å²) in [4.78, 5) is 17.7. The highest BCUT2D eigenvalue weighted by atomic mass is 16.5. The summed E-state index contributed by atoms with van der Waals surface area (Å²) >= 11 is 0. The summed E-state index contributed by atoms with van der Waals surface area (Å²) in [5, 5.41) is 1.93. The lowest BCUT2D eigenvalue weighted by Crippen LogP contribution is -2.15. The molecule has 162 valence electrons. The van der Waals surface area contributed by atoms with Gasteiger partial charge in [0.1, 0.15) is 5.75 Å². The Labute approximate surface area is 186 Å². The van der Waals surface area contributed by atoms with E-state index in [-0.39, 0.29) is 0 Å². The van der Waals surface area contributed by atoms with Gasteiger partial charge < -0.3 is 18.9 Å². The van der Waals surface area contributed by atoms with Gasteiger partial charge in [0, 0.05) is 11.6 Å². The van der Waals surface area contributed by atoms with E-state index in [1.54, 1.807) is 38.6 Å². The van der Waals surface area contributed by atoms with Crippen LogP contribution in [-0.4, -0.2) is 32.3 Å². The Morgan fingerprint density at radius 3 is 2.28 bits per heavy atom. The van der Waals surface area contributed by atoms with E-state index in [0.29, 0.717) is 28.5 Å². The number of aromatic nitrogens is 1. The van der Waals surface area contributed by atoms with Crippen molar-refractivity contribution in [2.75, 3.05) is 21.3 Å². The maximum Gasteiger partial charge on any atom is 0.339 e. The van der Waals surface area contributed by atoms with Crippen molar-refractivity contribution in [3.8, 4) is 17.2 Å². The number of benzene rings is 3. The number of nitrogens with zero attached hydrogens (tertiary/aromatic N) is 1. The third-order valence-electron chi connectivity index (χ3n) is 5.22. The average Bonchev–Trinajstić information content (AvgIpc) is 2.86. The minimum absolute atomic E-state index is 0.349. The molecule has 4 rings (SSSR count). The third kappa shape index (κ3) is 4.21. The molecule has 1 atom stereocenters. The summed E-state index contributed by atoms with van der Waals surface area (Å²) in [6, 6.07) is 22.1. The molecular weight excluding hydrogens is 406 g/mol. The minimum Gasteiger partial charge on any atom is -0.497 e. The van der Waals surface area contributed by atoms with Crippen molar-refractivity contribution in [2.24, 2.45) is 0 Å². The second kappa shape index (κ2) is 9.39. The summed E-state index contributed by atoms with van der Waals surface area (Å²) in [7, 11) is 4.67. The van der Waals surface area contributed by atoms with Crippen molar-refractivity contribution in [1.82, 2.24) is 4.98 Å². The van der Waals surface area contributed by atoms with Gasteiger partial charge in [-0.25, -0.2) is 4.79 Å². The molecular formula is C26H23NO5. The summed E-state index contributed by atoms with van der Waals surface area (Å²) in [5.74, 6) is 1.20. The van der Waals surface area contributed by atoms with Crippen LogP contribution in [0.25, 0.3) is 10.8 Å². The van der Waals surface area contributed by atoms with Crippen LogP contribution in [0.1, 0.15) is 27.7 Å². The largest absolute Gasteiger partial charge is 0.497 e. The van der Waals surface area contributed by atoms with Gasteiger partial charge in [0.15, 0.2) is 17.6 Å². The molecule has 1 heterocycles. The molecule has 6 heteroatoms. The number of ether oxygens (including phenoxy) is 4. The van der Waals surface area contributed by atoms with Gasteiger partial charge in [0.25, 0.3) is 0 Å². The van der Waals surface area contributed by atoms with Crippen LogP contribution in [0.15, 0.2) is 79.0 Å². The van der Waals surface area contributed by atoms with Crippen molar-refractivity contribution < 1.29 is 23.7 Å². The van der Waals surface area contributed by atoms with E-state index in [1.807, 2.05) is 54.6 Å². The molecule has 6 nitrogen and oxygen atoms in total. The van der Waals surface area contributed by atoms with Gasteiger partial charge in [-0.1, -0.05) is 36.4 Å². The smallest absolute Gasteiger partial charge is 0.339 e. The number of carbonyl (C=O) groups is 1. The number of rotatable bonds is 7. The highest BCUT2D eigenvalue weighted by Gasteiger charge is 2.24. The maximum atomic E-state index is 13.2. The number of esters is 1. The Morgan fingerprint density at radius 1 is 0.812 bits per heavy atom. The van der Waals surface area contributed by atoms with Gasteiger partial charge in [0.05, 0.1) is 32.6 Å². The number of fused-ring (bicyclic) bond motifs is 1. The predicted molar refractivity (Wildman–Crippen MR) is 122 cm³/mol. The minimum atomic E-state index is -0.715. The topological polar surface area (TPSA) is 66.9 Å². The zero-order valence-corrected chi connectivity index (χ0v) is 18.1. The van der Waals surface area contributed by atoms with Crippen molar-refractivity contribution in [2.45, 2.75) is 6.10 Å². The van der Waals surface area contributed by atoms with Crippen molar-refractivity contribution in [1.29, 1.82) is 0 Å². The Balaban J connectivity index is 1.76. The van der Waals surface area contributed by atoms with Gasteiger partial charge in [-0.2, -0.15) is 0 Å². The summed E-state index contributed by atoms with van der Waals surface area (Å²) in [6.45, 7) is 0. The molecule has 0 N–H and O–H groups in total. The summed E-state index contributed by atoms with van der Waals surface area (Å²) < 4.78 is 21.9. The SMILES string of the molecule is COc1ccc([C@H](OC(=O)c2ccc(OC)c(OC)c2)c2nccc3ccccc23)cc1. The van der Waals surface area contributed by atoms with E-state index in [1.165, 1.54) is 7.11 Å². The van der Waals surface area contributed by atoms with E-state index in [2.05, 4.69) is 4.98 Å². The second-order valence-electron chi connectivity index (χ2n) is 7.05. The standard InChI is InChI=1S/C26H23NO5/c1-29-20-11-8-18(9-12-20)25(24-21-7-5-4-6-17(21)14-15-27-24)32-26(28)19-10-13-22(30-2)23(16-19)31-3/h4-16,25H,1-3H3/t25-/m0/s1. The van der Waals surface area contributed by atoms with E-state index < -0.39 is 12.1 Å². The van der Waals surface area contributed by atoms with E-state index in [0.717, 1.165) is 16.3 Å². The molecule has 3 aromatic carbocycles. The molecule has 0 spiro atoms. The second-order valence-corrected chi connectivity index (χ2v) is 7.05. The molecule has 4 aromatic rings. The van der Waals surface area contributed by atoms with E-state index in [9.17, 15) is 4.79 Å². The molecule has 0 bridgehead atoms. The lowest BCUT2D eigenvalue weighted by Gasteiger charge is -2.20. The molecule has 32 heavy (non-hydrogen) atoms. The molecule has 0 aliphatic carbocycles. The van der Waals surface area contributed by atoms with Crippen molar-refractivity contribution in [3.63, 3.8) is 0 Å². The lowest BCUT2D eigenvalue weighted by atomic mass is 10.0. The van der Waals surface area contributed by atoms with Gasteiger partial charge in [-0.05, 0) is 47.3 Å². The van der Waals surface area contributed by atoms with Crippen LogP contribution in [0.2, 0.25) is 0 Å². The first kappa shape index (κ1) is 21.2. The highest BCUT2D eigenvalue weighted by molar-refractivity contribution is 5.91. The Bertz CT molecular complexity index is 1230. The third-order valence-corrected chi connectivity index (χ3v) is 5.22. The van der Waals surface area contributed by atoms with E-state index in [4.69, 9.17) is 18.9 Å². The van der Waals surface area contributed by atoms with Crippen LogP contribution in [0.5, 0.6) is 17.2 Å². The van der Waals surface area contributed by atoms with Crippen molar-refractivity contribution >= 4 is 16.7 Å². The summed E-state index contributed by atoms with van der Waals surface area (Å²) in [5.41, 5.74) is 1.78. The van der Waals surface area contributed by atoms with Crippen LogP contribution >= 0.6 is 0 Å². The van der Waals surface area contributed by atoms with Crippen molar-refractivity contribution in [3.05, 3.63) is 95.8 Å². The fraction of sp³-hybridized carbons (Fsp3) is 0.154. The molecule has 0 aliphatic heterocycles. The first-order valence-electron chi connectivity index (χ1n) is 10.0. The molecule has 0 saturated carbocycles. The maximum absolute atomic E-state index is 13.2. The number of carbonyl (C=O) groups excluding carboxylic acids is 1. The molecule has 0 unspecified atom stereocenters. The van der Waals surface area contributed by atoms with Gasteiger partial charge in [-0.3, -0.25) is 4.98 Å². The molecule has 1 aromatic heterocycles. The fourth-order valence-electron chi connectivity index (χ4n) is 3.55. The van der Waals surface area contributed by atoms with Crippen LogP contribution in [0, 0.1) is 0 Å². The zero-order chi connectivity index (χ0) is 22.5. The molecule has 0 radical (unpaired) electrons. The normalized spacial score (nSPS) is 11.6. The number of hydrogen-bond donors (Lipinski definition) is 0. The Hall–Kier alpha value is -4.06. The number of pyridine rings is 1. The molecule has 0 fully saturated rings. The summed E-state index contributed by atoms with van der Waals surface area (Å²) in [6.07, 6.45) is 1.01. The van der Waals surface area contributed by atoms with Crippen LogP contribution in [-0.2, 0) is 4.74 Å². The van der Waals surface area contributed by atoms with Crippen LogP contribution < -0.4 is 14.2 Å². The molecule has 0 aliphatic rings. The highest BCUT2D eigenvalue weighted by Crippen LogP contribution is 2.33. The molecule has 0 saturated heterocycles. The fourth-order valence-corrected chi connectivity index (χ4v) is 3.55.